The van der Waals surface area contributed by atoms with E-state index in [2.05, 4.69) is 10.6 Å². The van der Waals surface area contributed by atoms with Gasteiger partial charge in [-0.2, -0.15) is 26.3 Å². The molecule has 0 aliphatic heterocycles. The molecule has 2 aliphatic carbocycles. The van der Waals surface area contributed by atoms with Gasteiger partial charge in [0.1, 0.15) is 5.75 Å². The van der Waals surface area contributed by atoms with E-state index in [-0.39, 0.29) is 48.4 Å². The molecule has 0 saturated heterocycles. The Morgan fingerprint density at radius 2 is 1.19 bits per heavy atom. The van der Waals surface area contributed by atoms with Crippen molar-refractivity contribution in [2.45, 2.75) is 88.9 Å². The summed E-state index contributed by atoms with van der Waals surface area (Å²) in [4.78, 5) is 30.6. The smallest absolute Gasteiger partial charge is 0.381 e. The quantitative estimate of drug-likeness (QED) is 0.144. The largest absolute Gasteiger partial charge is 0.485 e. The number of alkyl halides is 8. The van der Waals surface area contributed by atoms with Gasteiger partial charge in [-0.25, -0.2) is 18.4 Å². The molecule has 3 aromatic carbocycles. The summed E-state index contributed by atoms with van der Waals surface area (Å²) in [5, 5.41) is 5.28. The summed E-state index contributed by atoms with van der Waals surface area (Å²) in [6, 6.07) is 19.8. The van der Waals surface area contributed by atoms with Crippen molar-refractivity contribution in [1.82, 2.24) is 9.80 Å². The Balaban J connectivity index is 1.43. The van der Waals surface area contributed by atoms with Crippen LogP contribution in [-0.4, -0.2) is 64.7 Å². The Labute approximate surface area is 296 Å². The fourth-order valence-electron chi connectivity index (χ4n) is 5.88. The maximum Gasteiger partial charge on any atom is 0.381 e. The Morgan fingerprint density at radius 1 is 0.731 bits per heavy atom. The number of ether oxygens (including phenoxy) is 1. The Hall–Kier alpha value is -4.56. The number of rotatable bonds is 16. The lowest BCUT2D eigenvalue weighted by Gasteiger charge is -2.32. The summed E-state index contributed by atoms with van der Waals surface area (Å²) < 4.78 is 115. The van der Waals surface area contributed by atoms with Gasteiger partial charge in [0.15, 0.2) is 6.61 Å². The molecule has 15 heteroatoms. The van der Waals surface area contributed by atoms with Crippen molar-refractivity contribution in [3.63, 3.8) is 0 Å². The summed E-state index contributed by atoms with van der Waals surface area (Å²) in [5.74, 6) is -18.8. The number of carbonyl (C=O) groups excluding carboxylic acids is 2. The van der Waals surface area contributed by atoms with Crippen molar-refractivity contribution < 1.29 is 49.4 Å². The topological polar surface area (TPSA) is 73.9 Å². The molecule has 0 radical (unpaired) electrons. The molecule has 7 nitrogen and oxygen atoms in total. The fourth-order valence-corrected chi connectivity index (χ4v) is 5.88. The Bertz CT molecular complexity index is 1670. The van der Waals surface area contributed by atoms with Crippen LogP contribution in [0.5, 0.6) is 5.75 Å². The average molecular weight is 741 g/mol. The number of hydrogen-bond donors (Lipinski definition) is 2. The van der Waals surface area contributed by atoms with Crippen LogP contribution in [0.2, 0.25) is 0 Å². The molecule has 2 N–H and O–H groups in total. The van der Waals surface area contributed by atoms with Crippen LogP contribution in [0.3, 0.4) is 0 Å². The van der Waals surface area contributed by atoms with Gasteiger partial charge in [0.25, 0.3) is 0 Å². The van der Waals surface area contributed by atoms with E-state index in [1.54, 1.807) is 35.2 Å². The highest BCUT2D eigenvalue weighted by Crippen LogP contribution is 2.49. The Kier molecular flexibility index (Phi) is 11.6. The summed E-state index contributed by atoms with van der Waals surface area (Å²) in [5.41, 5.74) is 1.32. The third kappa shape index (κ3) is 8.90. The van der Waals surface area contributed by atoms with Gasteiger partial charge in [-0.3, -0.25) is 0 Å². The number of nitrogens with one attached hydrogen (secondary N) is 2. The van der Waals surface area contributed by atoms with E-state index >= 15 is 0 Å². The van der Waals surface area contributed by atoms with E-state index in [1.165, 1.54) is 11.0 Å². The minimum absolute atomic E-state index is 0.0554. The normalized spacial score (nSPS) is 16.2. The van der Waals surface area contributed by atoms with Crippen LogP contribution in [0.25, 0.3) is 0 Å². The second-order valence-electron chi connectivity index (χ2n) is 13.4. The highest BCUT2D eigenvalue weighted by molar-refractivity contribution is 5.94. The van der Waals surface area contributed by atoms with Gasteiger partial charge in [-0.15, -0.1) is 0 Å². The van der Waals surface area contributed by atoms with Crippen LogP contribution in [0.15, 0.2) is 78.9 Å². The third-order valence-corrected chi connectivity index (χ3v) is 9.54. The lowest BCUT2D eigenvalue weighted by Crippen LogP contribution is -2.59. The maximum absolute atomic E-state index is 14.5. The van der Waals surface area contributed by atoms with Crippen LogP contribution < -0.4 is 15.4 Å². The number of nitrogens with zero attached hydrogens (tertiary/aromatic N) is 2. The van der Waals surface area contributed by atoms with Crippen molar-refractivity contribution in [1.29, 1.82) is 0 Å². The molecule has 52 heavy (non-hydrogen) atoms. The lowest BCUT2D eigenvalue weighted by molar-refractivity contribution is -0.342. The second kappa shape index (κ2) is 15.6. The van der Waals surface area contributed by atoms with Gasteiger partial charge >= 0.3 is 36.3 Å². The highest BCUT2D eigenvalue weighted by Gasteiger charge is 2.75. The summed E-state index contributed by atoms with van der Waals surface area (Å²) in [6.07, 6.45) is -1.48. The van der Waals surface area contributed by atoms with Crippen LogP contribution in [0, 0.1) is 11.8 Å². The first-order valence-electron chi connectivity index (χ1n) is 16.9. The molecule has 0 spiro atoms. The van der Waals surface area contributed by atoms with Crippen LogP contribution in [-0.2, 0) is 13.1 Å². The maximum atomic E-state index is 14.5. The number of urea groups is 2. The molecule has 0 heterocycles. The van der Waals surface area contributed by atoms with E-state index in [0.29, 0.717) is 0 Å². The molecule has 0 bridgehead atoms. The molecule has 2 aliphatic rings. The van der Waals surface area contributed by atoms with Gasteiger partial charge < -0.3 is 25.2 Å². The second-order valence-corrected chi connectivity index (χ2v) is 13.4. The van der Waals surface area contributed by atoms with Crippen molar-refractivity contribution in [2.75, 3.05) is 17.2 Å². The number of hydrogen-bond acceptors (Lipinski definition) is 3. The van der Waals surface area contributed by atoms with E-state index < -0.39 is 48.6 Å². The zero-order valence-corrected chi connectivity index (χ0v) is 28.5. The van der Waals surface area contributed by atoms with Crippen LogP contribution in [0.1, 0.15) is 50.7 Å². The van der Waals surface area contributed by atoms with Gasteiger partial charge in [0.2, 0.25) is 0 Å². The predicted molar refractivity (Wildman–Crippen MR) is 179 cm³/mol. The van der Waals surface area contributed by atoms with E-state index in [9.17, 15) is 44.7 Å². The van der Waals surface area contributed by atoms with Gasteiger partial charge in [0.05, 0.1) is 5.69 Å². The minimum atomic E-state index is -6.49. The zero-order chi connectivity index (χ0) is 37.8. The number of anilines is 2. The van der Waals surface area contributed by atoms with Crippen molar-refractivity contribution in [3.8, 4) is 5.75 Å². The Morgan fingerprint density at radius 3 is 1.63 bits per heavy atom. The summed E-state index contributed by atoms with van der Waals surface area (Å²) in [7, 11) is 0. The van der Waals surface area contributed by atoms with Crippen molar-refractivity contribution >= 4 is 23.4 Å². The molecule has 5 rings (SSSR count). The van der Waals surface area contributed by atoms with Crippen molar-refractivity contribution in [3.05, 3.63) is 90.0 Å². The molecule has 2 fully saturated rings. The monoisotopic (exact) mass is 740 g/mol. The summed E-state index contributed by atoms with van der Waals surface area (Å²) >= 11 is 0. The van der Waals surface area contributed by atoms with E-state index in [1.807, 2.05) is 44.2 Å². The first-order valence-corrected chi connectivity index (χ1v) is 16.9. The molecule has 0 unspecified atom stereocenters. The SMILES string of the molecule is C[C@H](C1CC1)N(Cc1ccccc1)C(=O)Nc1cc(NC(=O)N(Cc2ccccc2)[C@@H](C)C2CC2)ccc1OCC(F)(F)C(F)(F)C(F)(F)C(F)F. The summed E-state index contributed by atoms with van der Waals surface area (Å²) in [6.45, 7) is 1.71. The molecule has 2 saturated carbocycles. The van der Waals surface area contributed by atoms with Gasteiger partial charge in [-0.1, -0.05) is 60.7 Å². The van der Waals surface area contributed by atoms with E-state index in [4.69, 9.17) is 4.74 Å². The van der Waals surface area contributed by atoms with Gasteiger partial charge in [0, 0.05) is 30.9 Å². The van der Waals surface area contributed by atoms with Crippen molar-refractivity contribution in [2.24, 2.45) is 11.8 Å². The minimum Gasteiger partial charge on any atom is -0.485 e. The average Bonchev–Trinajstić information content (AvgIpc) is 4.03. The molecule has 3 aromatic rings. The van der Waals surface area contributed by atoms with E-state index in [0.717, 1.165) is 48.9 Å². The number of carbonyl (C=O) groups is 2. The zero-order valence-electron chi connectivity index (χ0n) is 28.5. The fraction of sp³-hybridized carbons (Fsp3) is 0.459. The first kappa shape index (κ1) is 38.7. The molecule has 4 amide bonds. The molecular weight excluding hydrogens is 700 g/mol. The first-order chi connectivity index (χ1) is 24.5. The molecule has 0 aromatic heterocycles. The van der Waals surface area contributed by atoms with Gasteiger partial charge in [-0.05, 0) is 80.7 Å². The number of amides is 4. The lowest BCUT2D eigenvalue weighted by atomic mass is 10.1. The van der Waals surface area contributed by atoms with Crippen LogP contribution in [0.4, 0.5) is 56.1 Å². The molecule has 282 valence electrons. The molecule has 2 atom stereocenters. The predicted octanol–water partition coefficient (Wildman–Crippen LogP) is 9.90. The highest BCUT2D eigenvalue weighted by atomic mass is 19.4. The van der Waals surface area contributed by atoms with Crippen LogP contribution >= 0.6 is 0 Å². The number of halogens is 8. The third-order valence-electron chi connectivity index (χ3n) is 9.54. The molecular formula is C37H40F8N4O3. The standard InChI is InChI=1S/C37H40F8N4O3/c1-23(27-13-14-27)48(20-25-9-5-3-6-10-25)33(50)46-29-17-18-31(52-22-35(40,41)37(44,45)36(42,43)32(38)39)30(19-29)47-34(51)49(24(2)28-15-16-28)21-26-11-7-4-8-12-26/h3-12,17-19,23-24,27-28,32H,13-16,20-22H2,1-2H3,(H,46,50)(H,47,51)/t23-,24+/m0/s1. The number of benzene rings is 3.